The molecule has 2 aromatic heterocycles. The highest BCUT2D eigenvalue weighted by Crippen LogP contribution is 2.44. The van der Waals surface area contributed by atoms with Crippen molar-refractivity contribution in [2.24, 2.45) is 10.9 Å². The van der Waals surface area contributed by atoms with E-state index < -0.39 is 5.92 Å². The van der Waals surface area contributed by atoms with Gasteiger partial charge in [-0.1, -0.05) is 37.1 Å². The second-order valence-electron chi connectivity index (χ2n) is 9.49. The summed E-state index contributed by atoms with van der Waals surface area (Å²) in [4.78, 5) is 38.9. The average Bonchev–Trinajstić information content (AvgIpc) is 3.42. The maximum atomic E-state index is 14.0. The number of aromatic nitrogens is 1. The fraction of sp³-hybridized carbons (Fsp3) is 0.407. The summed E-state index contributed by atoms with van der Waals surface area (Å²) < 4.78 is 1.18. The number of nitrogens with zero attached hydrogens (tertiary/aromatic N) is 3. The van der Waals surface area contributed by atoms with Crippen molar-refractivity contribution in [3.63, 3.8) is 0 Å². The number of carbonyl (C=O) groups is 2. The van der Waals surface area contributed by atoms with E-state index in [-0.39, 0.29) is 29.9 Å². The molecule has 6 rings (SSSR count). The minimum absolute atomic E-state index is 0.0137. The highest BCUT2D eigenvalue weighted by molar-refractivity contribution is 7.17. The lowest BCUT2D eigenvalue weighted by atomic mass is 9.85. The van der Waals surface area contributed by atoms with E-state index in [4.69, 9.17) is 4.99 Å². The molecule has 0 bridgehead atoms. The number of aryl methyl sites for hydroxylation is 1. The number of fused-ring (bicyclic) bond motifs is 3. The lowest BCUT2D eigenvalue weighted by Gasteiger charge is -2.42. The van der Waals surface area contributed by atoms with Gasteiger partial charge in [0.1, 0.15) is 5.92 Å². The topological polar surface area (TPSA) is 74.7 Å². The van der Waals surface area contributed by atoms with Crippen molar-refractivity contribution in [2.45, 2.75) is 56.7 Å². The highest BCUT2D eigenvalue weighted by Gasteiger charge is 2.50. The van der Waals surface area contributed by atoms with Gasteiger partial charge in [-0.2, -0.15) is 0 Å². The van der Waals surface area contributed by atoms with Crippen LogP contribution in [0.15, 0.2) is 59.0 Å². The Kier molecular flexibility index (Phi) is 5.65. The molecule has 34 heavy (non-hydrogen) atoms. The number of nitrogens with one attached hydrogen (secondary N) is 1. The Hall–Kier alpha value is -3.06. The van der Waals surface area contributed by atoms with Gasteiger partial charge in [-0.15, -0.1) is 11.3 Å². The van der Waals surface area contributed by atoms with Crippen LogP contribution < -0.4 is 5.32 Å². The van der Waals surface area contributed by atoms with Crippen LogP contribution in [-0.2, 0) is 16.0 Å². The van der Waals surface area contributed by atoms with Crippen LogP contribution in [0.1, 0.15) is 49.4 Å². The Labute approximate surface area is 203 Å². The molecular weight excluding hydrogens is 444 g/mol. The van der Waals surface area contributed by atoms with E-state index >= 15 is 0 Å². The fourth-order valence-electron chi connectivity index (χ4n) is 5.95. The monoisotopic (exact) mass is 472 g/mol. The predicted octanol–water partition coefficient (Wildman–Crippen LogP) is 4.31. The van der Waals surface area contributed by atoms with E-state index in [1.54, 1.807) is 17.5 Å². The third-order valence-corrected chi connectivity index (χ3v) is 8.50. The number of rotatable bonds is 4. The van der Waals surface area contributed by atoms with Crippen LogP contribution in [0, 0.1) is 5.92 Å². The Morgan fingerprint density at radius 3 is 2.85 bits per heavy atom. The predicted molar refractivity (Wildman–Crippen MR) is 134 cm³/mol. The molecule has 2 aliphatic heterocycles. The second kappa shape index (κ2) is 8.95. The van der Waals surface area contributed by atoms with E-state index in [1.807, 2.05) is 30.3 Å². The molecule has 1 unspecified atom stereocenters. The Balaban J connectivity index is 1.45. The normalized spacial score (nSPS) is 26.4. The number of pyridine rings is 1. The maximum Gasteiger partial charge on any atom is 0.231 e. The molecule has 3 aliphatic rings. The molecule has 7 heteroatoms. The van der Waals surface area contributed by atoms with E-state index in [0.717, 1.165) is 48.0 Å². The van der Waals surface area contributed by atoms with Crippen molar-refractivity contribution in [1.82, 2.24) is 15.2 Å². The van der Waals surface area contributed by atoms with Gasteiger partial charge in [0.2, 0.25) is 11.8 Å². The van der Waals surface area contributed by atoms with Crippen molar-refractivity contribution < 1.29 is 9.59 Å². The molecule has 1 saturated carbocycles. The highest BCUT2D eigenvalue weighted by atomic mass is 32.1. The lowest BCUT2D eigenvalue weighted by molar-refractivity contribution is -0.139. The molecule has 2 amide bonds. The van der Waals surface area contributed by atoms with Gasteiger partial charge in [0.15, 0.2) is 0 Å². The summed E-state index contributed by atoms with van der Waals surface area (Å²) >= 11 is 1.68. The van der Waals surface area contributed by atoms with Gasteiger partial charge in [-0.3, -0.25) is 19.6 Å². The largest absolute Gasteiger partial charge is 0.350 e. The molecule has 6 nitrogen and oxygen atoms in total. The first-order valence-corrected chi connectivity index (χ1v) is 13.1. The van der Waals surface area contributed by atoms with Gasteiger partial charge in [0, 0.05) is 28.7 Å². The van der Waals surface area contributed by atoms with Crippen LogP contribution in [0.25, 0.3) is 10.1 Å². The molecule has 3 aromatic rings. The van der Waals surface area contributed by atoms with Crippen LogP contribution in [0.4, 0.5) is 0 Å². The van der Waals surface area contributed by atoms with Crippen LogP contribution in [0.5, 0.6) is 0 Å². The number of hydrogen-bond donors (Lipinski definition) is 1. The summed E-state index contributed by atoms with van der Waals surface area (Å²) in [5.41, 5.74) is 2.91. The van der Waals surface area contributed by atoms with Gasteiger partial charge in [0.05, 0.1) is 24.7 Å². The minimum atomic E-state index is -0.428. The zero-order chi connectivity index (χ0) is 23.1. The Bertz CT molecular complexity index is 1250. The summed E-state index contributed by atoms with van der Waals surface area (Å²) in [6.07, 6.45) is 6.85. The summed E-state index contributed by atoms with van der Waals surface area (Å²) in [5.74, 6) is -0.346. The van der Waals surface area contributed by atoms with Gasteiger partial charge < -0.3 is 10.2 Å². The Morgan fingerprint density at radius 2 is 1.97 bits per heavy atom. The van der Waals surface area contributed by atoms with Crippen molar-refractivity contribution in [3.05, 3.63) is 65.3 Å². The number of carbonyl (C=O) groups excluding carboxylic acids is 2. The first-order valence-electron chi connectivity index (χ1n) is 12.2. The minimum Gasteiger partial charge on any atom is -0.350 e. The third-order valence-electron chi connectivity index (χ3n) is 7.52. The second-order valence-corrected chi connectivity index (χ2v) is 10.4. The number of aliphatic imine (C=N–C) groups is 1. The van der Waals surface area contributed by atoms with E-state index in [9.17, 15) is 9.59 Å². The van der Waals surface area contributed by atoms with Crippen molar-refractivity contribution >= 4 is 38.9 Å². The van der Waals surface area contributed by atoms with Gasteiger partial charge in [-0.05, 0) is 53.8 Å². The molecular formula is C27H28N4O2S. The zero-order valence-electron chi connectivity index (χ0n) is 19.0. The van der Waals surface area contributed by atoms with Crippen LogP contribution in [0.3, 0.4) is 0 Å². The number of amides is 2. The van der Waals surface area contributed by atoms with Crippen LogP contribution >= 0.6 is 11.3 Å². The van der Waals surface area contributed by atoms with E-state index in [0.29, 0.717) is 19.4 Å². The summed E-state index contributed by atoms with van der Waals surface area (Å²) in [7, 11) is 0. The summed E-state index contributed by atoms with van der Waals surface area (Å²) in [6, 6.07) is 13.9. The van der Waals surface area contributed by atoms with E-state index in [2.05, 4.69) is 32.7 Å². The first kappa shape index (κ1) is 21.5. The molecule has 1 N–H and O–H groups in total. The standard InChI is InChI=1S/C27H28N4O2S/c32-24(13-12-17-7-5-6-14-28-17)31-22-10-3-2-9-20(22)30-21-15-29-27(33)25(21)26(31)19-16-34-23-11-4-1-8-18(19)23/h1,4-8,11,14,16,20,22,25-26H,2-3,9-10,12-13,15H2,(H,29,33)/t20-,22-,25?,26-/m1/s1. The molecule has 174 valence electrons. The summed E-state index contributed by atoms with van der Waals surface area (Å²) in [6.45, 7) is 0.487. The molecule has 1 saturated heterocycles. The first-order chi connectivity index (χ1) is 16.7. The average molecular weight is 473 g/mol. The maximum absolute atomic E-state index is 14.0. The molecule has 0 spiro atoms. The van der Waals surface area contributed by atoms with Crippen LogP contribution in [0.2, 0.25) is 0 Å². The van der Waals surface area contributed by atoms with Gasteiger partial charge in [-0.25, -0.2) is 0 Å². The fourth-order valence-corrected chi connectivity index (χ4v) is 6.94. The molecule has 4 atom stereocenters. The smallest absolute Gasteiger partial charge is 0.231 e. The lowest BCUT2D eigenvalue weighted by Crippen LogP contribution is -2.51. The molecule has 4 heterocycles. The van der Waals surface area contributed by atoms with Gasteiger partial charge in [0.25, 0.3) is 0 Å². The Morgan fingerprint density at radius 1 is 1.12 bits per heavy atom. The van der Waals surface area contributed by atoms with Crippen molar-refractivity contribution in [1.29, 1.82) is 0 Å². The number of thiophene rings is 1. The number of hydrogen-bond acceptors (Lipinski definition) is 5. The van der Waals surface area contributed by atoms with Crippen molar-refractivity contribution in [2.75, 3.05) is 6.54 Å². The van der Waals surface area contributed by atoms with E-state index in [1.165, 1.54) is 4.70 Å². The summed E-state index contributed by atoms with van der Waals surface area (Å²) in [5, 5.41) is 6.31. The SMILES string of the molecule is O=C1NCC2=N[C@@H]3CCCC[C@H]3N(C(=O)CCc3ccccn3)[C@H](c3csc4ccccc34)C12. The van der Waals surface area contributed by atoms with Gasteiger partial charge >= 0.3 is 0 Å². The van der Waals surface area contributed by atoms with Crippen LogP contribution in [-0.4, -0.2) is 46.0 Å². The molecule has 2 fully saturated rings. The molecule has 1 aliphatic carbocycles. The van der Waals surface area contributed by atoms with Crippen molar-refractivity contribution in [3.8, 4) is 0 Å². The quantitative estimate of drug-likeness (QED) is 0.615. The number of benzene rings is 1. The molecule has 0 radical (unpaired) electrons. The molecule has 1 aromatic carbocycles. The zero-order valence-corrected chi connectivity index (χ0v) is 19.8. The third kappa shape index (κ3) is 3.72.